The molecule has 2 N–H and O–H groups in total. The number of aliphatic hydroxyl groups is 1. The second kappa shape index (κ2) is 8.12. The number of imidazole rings is 1. The molecule has 2 fully saturated rings. The van der Waals surface area contributed by atoms with E-state index in [1.165, 1.54) is 6.42 Å². The summed E-state index contributed by atoms with van der Waals surface area (Å²) in [7, 11) is 0. The van der Waals surface area contributed by atoms with E-state index in [1.54, 1.807) is 0 Å². The van der Waals surface area contributed by atoms with Gasteiger partial charge in [-0.3, -0.25) is 4.79 Å². The van der Waals surface area contributed by atoms with E-state index in [4.69, 9.17) is 0 Å². The molecule has 1 aromatic rings. The van der Waals surface area contributed by atoms with Crippen LogP contribution in [0.1, 0.15) is 44.3 Å². The molecule has 6 heteroatoms. The summed E-state index contributed by atoms with van der Waals surface area (Å²) in [6, 6.07) is 0.325. The maximum absolute atomic E-state index is 11.9. The van der Waals surface area contributed by atoms with Crippen LogP contribution in [-0.4, -0.2) is 57.2 Å². The molecule has 2 aliphatic rings. The van der Waals surface area contributed by atoms with Gasteiger partial charge in [-0.15, -0.1) is 0 Å². The van der Waals surface area contributed by atoms with Crippen molar-refractivity contribution in [3.05, 3.63) is 18.2 Å². The number of carbonyl (C=O) groups excluding carboxylic acids is 1. The third-order valence-corrected chi connectivity index (χ3v) is 5.32. The Balaban J connectivity index is 1.30. The Labute approximate surface area is 144 Å². The molecule has 1 unspecified atom stereocenters. The number of nitrogens with one attached hydrogen (secondary N) is 1. The van der Waals surface area contributed by atoms with Crippen LogP contribution in [0.4, 0.5) is 0 Å². The third kappa shape index (κ3) is 4.80. The fourth-order valence-corrected chi connectivity index (χ4v) is 3.48. The first-order valence-corrected chi connectivity index (χ1v) is 9.32. The summed E-state index contributed by atoms with van der Waals surface area (Å²) in [5.41, 5.74) is 0. The van der Waals surface area contributed by atoms with Crippen LogP contribution in [0.15, 0.2) is 12.4 Å². The molecule has 1 atom stereocenters. The summed E-state index contributed by atoms with van der Waals surface area (Å²) in [6.45, 7) is 6.15. The molecular weight excluding hydrogens is 304 g/mol. The highest BCUT2D eigenvalue weighted by atomic mass is 16.3. The number of aryl methyl sites for hydroxylation is 2. The highest BCUT2D eigenvalue weighted by molar-refractivity contribution is 5.81. The van der Waals surface area contributed by atoms with E-state index in [9.17, 15) is 9.90 Å². The highest BCUT2D eigenvalue weighted by Gasteiger charge is 2.32. The van der Waals surface area contributed by atoms with Gasteiger partial charge >= 0.3 is 0 Å². The molecule has 1 amide bonds. The van der Waals surface area contributed by atoms with Gasteiger partial charge < -0.3 is 19.9 Å². The molecule has 0 radical (unpaired) electrons. The molecule has 0 bridgehead atoms. The predicted molar refractivity (Wildman–Crippen MR) is 92.5 cm³/mol. The molecule has 1 saturated carbocycles. The number of amides is 1. The Kier molecular flexibility index (Phi) is 5.89. The van der Waals surface area contributed by atoms with Crippen LogP contribution in [-0.2, 0) is 11.3 Å². The fourth-order valence-electron chi connectivity index (χ4n) is 3.48. The molecular formula is C18H30N4O2. The first-order chi connectivity index (χ1) is 11.6. The Morgan fingerprint density at radius 1 is 1.29 bits per heavy atom. The van der Waals surface area contributed by atoms with Crippen LogP contribution in [0.3, 0.4) is 0 Å². The number of rotatable bonds is 8. The van der Waals surface area contributed by atoms with E-state index in [-0.39, 0.29) is 11.8 Å². The van der Waals surface area contributed by atoms with Gasteiger partial charge in [-0.25, -0.2) is 4.98 Å². The molecule has 0 spiro atoms. The molecule has 24 heavy (non-hydrogen) atoms. The highest BCUT2D eigenvalue weighted by Crippen LogP contribution is 2.23. The number of unbranched alkanes of at least 4 members (excludes halogenated alkanes) is 1. The molecule has 1 saturated heterocycles. The largest absolute Gasteiger partial charge is 0.383 e. The molecule has 3 rings (SSSR count). The lowest BCUT2D eigenvalue weighted by Gasteiger charge is -2.33. The summed E-state index contributed by atoms with van der Waals surface area (Å²) in [5.74, 6) is 1.04. The molecule has 1 aliphatic carbocycles. The van der Waals surface area contributed by atoms with Crippen molar-refractivity contribution >= 4 is 5.91 Å². The zero-order valence-corrected chi connectivity index (χ0v) is 14.7. The summed E-state index contributed by atoms with van der Waals surface area (Å²) in [4.78, 5) is 18.6. The molecule has 6 nitrogen and oxygen atoms in total. The standard InChI is InChI=1S/C18H30N4O2/c1-14-19-8-13-22(14)10-3-2-9-21-11-6-15(7-12-21)17(23)18(24)20-16-4-5-16/h8,13,15-17,23H,2-7,9-12H2,1H3,(H,20,24). The number of carbonyl (C=O) groups is 1. The first-order valence-electron chi connectivity index (χ1n) is 9.32. The van der Waals surface area contributed by atoms with Crippen molar-refractivity contribution in [2.45, 2.75) is 64.1 Å². The van der Waals surface area contributed by atoms with Crippen molar-refractivity contribution in [2.75, 3.05) is 19.6 Å². The maximum Gasteiger partial charge on any atom is 0.249 e. The van der Waals surface area contributed by atoms with Crippen molar-refractivity contribution in [3.8, 4) is 0 Å². The van der Waals surface area contributed by atoms with Crippen LogP contribution >= 0.6 is 0 Å². The first kappa shape index (κ1) is 17.4. The predicted octanol–water partition coefficient (Wildman–Crippen LogP) is 1.32. The lowest BCUT2D eigenvalue weighted by molar-refractivity contribution is -0.133. The topological polar surface area (TPSA) is 70.4 Å². The van der Waals surface area contributed by atoms with Gasteiger partial charge in [-0.2, -0.15) is 0 Å². The minimum absolute atomic E-state index is 0.119. The average molecular weight is 334 g/mol. The molecule has 2 heterocycles. The summed E-state index contributed by atoms with van der Waals surface area (Å²) in [5, 5.41) is 13.1. The zero-order chi connectivity index (χ0) is 16.9. The van der Waals surface area contributed by atoms with Gasteiger partial charge in [0.1, 0.15) is 11.9 Å². The van der Waals surface area contributed by atoms with Gasteiger partial charge in [0.15, 0.2) is 0 Å². The van der Waals surface area contributed by atoms with Gasteiger partial charge in [0.2, 0.25) is 5.91 Å². The number of likely N-dealkylation sites (tertiary alicyclic amines) is 1. The summed E-state index contributed by atoms with van der Waals surface area (Å²) < 4.78 is 2.20. The molecule has 1 aliphatic heterocycles. The maximum atomic E-state index is 11.9. The zero-order valence-electron chi connectivity index (χ0n) is 14.7. The van der Waals surface area contributed by atoms with Gasteiger partial charge in [0.05, 0.1) is 0 Å². The number of aromatic nitrogens is 2. The van der Waals surface area contributed by atoms with E-state index in [2.05, 4.69) is 19.8 Å². The second-order valence-electron chi connectivity index (χ2n) is 7.28. The smallest absolute Gasteiger partial charge is 0.249 e. The van der Waals surface area contributed by atoms with Gasteiger partial charge in [-0.05, 0) is 71.0 Å². The molecule has 0 aromatic carbocycles. The quantitative estimate of drug-likeness (QED) is 0.704. The van der Waals surface area contributed by atoms with E-state index in [0.717, 1.165) is 64.1 Å². The third-order valence-electron chi connectivity index (χ3n) is 5.32. The average Bonchev–Trinajstić information content (AvgIpc) is 3.31. The SMILES string of the molecule is Cc1nccn1CCCCN1CCC(C(O)C(=O)NC2CC2)CC1. The number of nitrogens with zero attached hydrogens (tertiary/aromatic N) is 3. The van der Waals surface area contributed by atoms with Crippen LogP contribution < -0.4 is 5.32 Å². The minimum atomic E-state index is -0.822. The molecule has 1 aromatic heterocycles. The van der Waals surface area contributed by atoms with Gasteiger partial charge in [0, 0.05) is 25.0 Å². The van der Waals surface area contributed by atoms with Gasteiger partial charge in [0.25, 0.3) is 0 Å². The van der Waals surface area contributed by atoms with Crippen molar-refractivity contribution in [2.24, 2.45) is 5.92 Å². The monoisotopic (exact) mass is 334 g/mol. The number of hydrogen-bond donors (Lipinski definition) is 2. The van der Waals surface area contributed by atoms with E-state index in [1.807, 2.05) is 19.3 Å². The number of hydrogen-bond acceptors (Lipinski definition) is 4. The van der Waals surface area contributed by atoms with Crippen molar-refractivity contribution in [1.29, 1.82) is 0 Å². The lowest BCUT2D eigenvalue weighted by Crippen LogP contribution is -2.45. The molecule has 134 valence electrons. The fraction of sp³-hybridized carbons (Fsp3) is 0.778. The lowest BCUT2D eigenvalue weighted by atomic mass is 9.90. The van der Waals surface area contributed by atoms with E-state index >= 15 is 0 Å². The van der Waals surface area contributed by atoms with E-state index in [0.29, 0.717) is 6.04 Å². The van der Waals surface area contributed by atoms with Gasteiger partial charge in [-0.1, -0.05) is 0 Å². The number of piperidine rings is 1. The number of aliphatic hydroxyl groups excluding tert-OH is 1. The summed E-state index contributed by atoms with van der Waals surface area (Å²) >= 11 is 0. The van der Waals surface area contributed by atoms with Crippen molar-refractivity contribution < 1.29 is 9.90 Å². The summed E-state index contributed by atoms with van der Waals surface area (Å²) in [6.07, 6.45) is 9.36. The Morgan fingerprint density at radius 3 is 2.62 bits per heavy atom. The Bertz CT molecular complexity index is 533. The van der Waals surface area contributed by atoms with Crippen LogP contribution in [0.2, 0.25) is 0 Å². The van der Waals surface area contributed by atoms with Crippen LogP contribution in [0.5, 0.6) is 0 Å². The minimum Gasteiger partial charge on any atom is -0.383 e. The second-order valence-corrected chi connectivity index (χ2v) is 7.28. The van der Waals surface area contributed by atoms with Crippen molar-refractivity contribution in [1.82, 2.24) is 19.8 Å². The Morgan fingerprint density at radius 2 is 2.00 bits per heavy atom. The Hall–Kier alpha value is -1.40. The van der Waals surface area contributed by atoms with E-state index < -0.39 is 6.10 Å². The van der Waals surface area contributed by atoms with Crippen LogP contribution in [0, 0.1) is 12.8 Å². The van der Waals surface area contributed by atoms with Crippen LogP contribution in [0.25, 0.3) is 0 Å². The normalized spacial score (nSPS) is 20.9. The van der Waals surface area contributed by atoms with Crippen molar-refractivity contribution in [3.63, 3.8) is 0 Å².